The van der Waals surface area contributed by atoms with E-state index < -0.39 is 105 Å². The zero-order valence-corrected chi connectivity index (χ0v) is 23.1. The molecular weight excluding hydrogens is 584 g/mol. The number of Topliss-reactive ketones (excluding diaryl/α,β-unsaturated/α-hetero) is 2. The minimum absolute atomic E-state index is 0.0607. The summed E-state index contributed by atoms with van der Waals surface area (Å²) in [7, 11) is 0. The normalized spacial score (nSPS) is 42.7. The van der Waals surface area contributed by atoms with E-state index in [4.69, 9.17) is 18.9 Å². The van der Waals surface area contributed by atoms with Gasteiger partial charge in [-0.15, -0.1) is 0 Å². The van der Waals surface area contributed by atoms with Crippen molar-refractivity contribution in [1.29, 1.82) is 0 Å². The summed E-state index contributed by atoms with van der Waals surface area (Å²) in [5, 5.41) is 68.0. The lowest BCUT2D eigenvalue weighted by Gasteiger charge is -2.50. The molecule has 4 fully saturated rings. The second-order valence-electron chi connectivity index (χ2n) is 12.6. The molecule has 2 saturated heterocycles. The van der Waals surface area contributed by atoms with Crippen LogP contribution in [0.3, 0.4) is 0 Å². The highest BCUT2D eigenvalue weighted by Gasteiger charge is 2.83. The molecule has 0 unspecified atom stereocenters. The molecule has 4 heterocycles. The highest BCUT2D eigenvalue weighted by Crippen LogP contribution is 2.60. The van der Waals surface area contributed by atoms with Gasteiger partial charge in [0.2, 0.25) is 22.8 Å². The summed E-state index contributed by atoms with van der Waals surface area (Å²) in [4.78, 5) is 53.6. The molecule has 230 valence electrons. The first-order valence-corrected chi connectivity index (χ1v) is 14.1. The number of phenols is 2. The van der Waals surface area contributed by atoms with Crippen LogP contribution in [-0.2, 0) is 19.1 Å². The maximum Gasteiger partial charge on any atom is 0.357 e. The van der Waals surface area contributed by atoms with E-state index in [0.717, 1.165) is 0 Å². The number of rotatable bonds is 1. The molecule has 10 atom stereocenters. The number of carbonyl (C=O) groups excluding carboxylic acids is 4. The number of hydrogen-bond donors (Lipinski definition) is 6. The lowest BCUT2D eigenvalue weighted by atomic mass is 9.62. The van der Waals surface area contributed by atoms with Crippen molar-refractivity contribution in [2.45, 2.75) is 73.5 Å². The van der Waals surface area contributed by atoms with Gasteiger partial charge in [0.25, 0.3) is 11.2 Å². The molecule has 6 N–H and O–H groups in total. The number of phenolic OH excluding ortho intramolecular Hbond substituents is 2. The molecule has 2 aliphatic carbocycles. The smallest absolute Gasteiger partial charge is 0.357 e. The SMILES string of the molecule is C[C@@H]1C[C@H]2OC(=O)[C@@]3(Oc4ccc(-c5ccc6c(c5O)C(=O)[C@]5(O)[C@H]7C[C@@H](C)[C@@H](O)[C@]5(O6)C(=O)O7)c(O)c4C(=O)[C@]23O)[C@@H]1O. The first-order valence-electron chi connectivity index (χ1n) is 14.1. The fraction of sp³-hybridized carbons (Fsp3) is 0.467. The Hall–Kier alpha value is -4.24. The van der Waals surface area contributed by atoms with Crippen molar-refractivity contribution in [1.82, 2.24) is 0 Å². The Balaban J connectivity index is 1.27. The van der Waals surface area contributed by atoms with Crippen LogP contribution >= 0.6 is 0 Å². The third-order valence-corrected chi connectivity index (χ3v) is 10.5. The van der Waals surface area contributed by atoms with Crippen LogP contribution in [0.5, 0.6) is 23.0 Å². The molecule has 4 aliphatic heterocycles. The average molecular weight is 611 g/mol. The van der Waals surface area contributed by atoms with E-state index in [1.807, 2.05) is 0 Å². The van der Waals surface area contributed by atoms with Crippen molar-refractivity contribution >= 4 is 23.5 Å². The third-order valence-electron chi connectivity index (χ3n) is 10.5. The van der Waals surface area contributed by atoms with E-state index in [1.165, 1.54) is 24.3 Å². The van der Waals surface area contributed by atoms with Crippen LogP contribution in [-0.4, -0.2) is 101 Å². The number of fused-ring (bicyclic) bond motifs is 2. The van der Waals surface area contributed by atoms with Crippen molar-refractivity contribution in [2.75, 3.05) is 0 Å². The average Bonchev–Trinajstić information content (AvgIpc) is 3.24. The van der Waals surface area contributed by atoms with E-state index >= 15 is 0 Å². The van der Waals surface area contributed by atoms with E-state index in [-0.39, 0.29) is 35.5 Å². The van der Waals surface area contributed by atoms with Crippen LogP contribution in [0.1, 0.15) is 47.4 Å². The van der Waals surface area contributed by atoms with E-state index in [0.29, 0.717) is 0 Å². The van der Waals surface area contributed by atoms with Gasteiger partial charge in [-0.25, -0.2) is 9.59 Å². The van der Waals surface area contributed by atoms with E-state index in [9.17, 15) is 49.8 Å². The van der Waals surface area contributed by atoms with Gasteiger partial charge < -0.3 is 49.6 Å². The Bertz CT molecular complexity index is 1640. The van der Waals surface area contributed by atoms with Gasteiger partial charge in [0.15, 0.2) is 0 Å². The molecule has 0 spiro atoms. The fourth-order valence-electron chi connectivity index (χ4n) is 8.16. The van der Waals surface area contributed by atoms with Gasteiger partial charge in [-0.2, -0.15) is 0 Å². The summed E-state index contributed by atoms with van der Waals surface area (Å²) in [5.41, 5.74) is -11.8. The van der Waals surface area contributed by atoms with Crippen LogP contribution in [0.2, 0.25) is 0 Å². The molecule has 2 aromatic carbocycles. The molecule has 14 heteroatoms. The zero-order chi connectivity index (χ0) is 31.5. The number of aromatic hydroxyl groups is 2. The topological polar surface area (TPSA) is 227 Å². The summed E-state index contributed by atoms with van der Waals surface area (Å²) >= 11 is 0. The maximum absolute atomic E-state index is 13.9. The van der Waals surface area contributed by atoms with Gasteiger partial charge in [-0.3, -0.25) is 9.59 Å². The lowest BCUT2D eigenvalue weighted by Crippen LogP contribution is -2.76. The van der Waals surface area contributed by atoms with Gasteiger partial charge in [-0.1, -0.05) is 13.8 Å². The first kappa shape index (κ1) is 27.3. The van der Waals surface area contributed by atoms with Crippen LogP contribution in [0.25, 0.3) is 11.1 Å². The lowest BCUT2D eigenvalue weighted by molar-refractivity contribution is -0.192. The van der Waals surface area contributed by atoms with Crippen LogP contribution in [0.4, 0.5) is 0 Å². The number of hydrogen-bond acceptors (Lipinski definition) is 14. The minimum atomic E-state index is -2.68. The highest BCUT2D eigenvalue weighted by molar-refractivity contribution is 6.17. The van der Waals surface area contributed by atoms with Crippen molar-refractivity contribution in [2.24, 2.45) is 11.8 Å². The Labute approximate surface area is 247 Å². The molecule has 0 radical (unpaired) electrons. The van der Waals surface area contributed by atoms with Crippen molar-refractivity contribution in [3.8, 4) is 34.1 Å². The fourth-order valence-corrected chi connectivity index (χ4v) is 8.16. The van der Waals surface area contributed by atoms with Crippen LogP contribution in [0.15, 0.2) is 24.3 Å². The van der Waals surface area contributed by atoms with Crippen molar-refractivity contribution < 1.29 is 68.8 Å². The Morgan fingerprint density at radius 1 is 0.659 bits per heavy atom. The second-order valence-corrected chi connectivity index (χ2v) is 12.6. The molecule has 14 nitrogen and oxygen atoms in total. The minimum Gasteiger partial charge on any atom is -0.506 e. The number of carbonyl (C=O) groups is 4. The summed E-state index contributed by atoms with van der Waals surface area (Å²) in [6.07, 6.45) is -6.09. The van der Waals surface area contributed by atoms with Gasteiger partial charge in [-0.05, 0) is 48.9 Å². The monoisotopic (exact) mass is 610 g/mol. The second kappa shape index (κ2) is 7.88. The maximum atomic E-state index is 13.9. The highest BCUT2D eigenvalue weighted by atomic mass is 16.6. The van der Waals surface area contributed by atoms with Gasteiger partial charge in [0.05, 0.1) is 0 Å². The summed E-state index contributed by atoms with van der Waals surface area (Å²) in [5.74, 6) is -7.95. The van der Waals surface area contributed by atoms with Crippen LogP contribution in [0, 0.1) is 11.8 Å². The molecule has 2 aromatic rings. The summed E-state index contributed by atoms with van der Waals surface area (Å²) < 4.78 is 22.2. The van der Waals surface area contributed by atoms with E-state index in [2.05, 4.69) is 0 Å². The number of aliphatic hydroxyl groups is 4. The summed E-state index contributed by atoms with van der Waals surface area (Å²) in [6, 6.07) is 4.81. The van der Waals surface area contributed by atoms with Crippen molar-refractivity contribution in [3.63, 3.8) is 0 Å². The summed E-state index contributed by atoms with van der Waals surface area (Å²) in [6.45, 7) is 3.21. The molecule has 0 amide bonds. The molecule has 0 aromatic heterocycles. The molecule has 44 heavy (non-hydrogen) atoms. The Morgan fingerprint density at radius 3 is 1.39 bits per heavy atom. The molecule has 8 rings (SSSR count). The molecule has 2 saturated carbocycles. The Kier molecular flexibility index (Phi) is 4.89. The molecule has 6 aliphatic rings. The third kappa shape index (κ3) is 2.54. The quantitative estimate of drug-likeness (QED) is 0.224. The predicted octanol–water partition coefficient (Wildman–Crippen LogP) is -0.493. The van der Waals surface area contributed by atoms with Gasteiger partial charge in [0.1, 0.15) is 58.5 Å². The van der Waals surface area contributed by atoms with Crippen molar-refractivity contribution in [3.05, 3.63) is 35.4 Å². The largest absolute Gasteiger partial charge is 0.506 e. The number of ketones is 2. The number of aliphatic hydroxyl groups excluding tert-OH is 2. The van der Waals surface area contributed by atoms with E-state index in [1.54, 1.807) is 13.8 Å². The van der Waals surface area contributed by atoms with Gasteiger partial charge in [0, 0.05) is 11.1 Å². The first-order chi connectivity index (χ1) is 20.7. The Morgan fingerprint density at radius 2 is 1.02 bits per heavy atom. The molecular formula is C30H26O14. The van der Waals surface area contributed by atoms with Crippen LogP contribution < -0.4 is 9.47 Å². The molecule has 4 bridgehead atoms. The number of ether oxygens (including phenoxy) is 4. The predicted molar refractivity (Wildman–Crippen MR) is 140 cm³/mol. The number of esters is 2. The zero-order valence-electron chi connectivity index (χ0n) is 23.1. The van der Waals surface area contributed by atoms with Gasteiger partial charge >= 0.3 is 11.9 Å². The standard InChI is InChI=1S/C30H26O14/c1-9-7-15-27(39)23(35)17-13(43-29(27,21(9)33)25(37)41-15)5-3-11(19(17)31)12-4-6-14-18(20(12)32)24(36)28(40)16-8-10(2)22(34)30(28,44-14)26(38)42-16/h3-6,9-10,15-16,21-22,31-34,39-40H,7-8H2,1-2H3/t9-,10-,15-,16-,21-,22-,27-,28-,29+,30+/m1/s1. The number of benzene rings is 2.